The van der Waals surface area contributed by atoms with Gasteiger partial charge in [0.25, 0.3) is 0 Å². The van der Waals surface area contributed by atoms with Crippen LogP contribution in [0.5, 0.6) is 0 Å². The topological polar surface area (TPSA) is 23.8 Å². The Balaban J connectivity index is 2.01. The molecule has 1 nitrogen and oxygen atoms in total. The molecule has 0 atom stereocenters. The summed E-state index contributed by atoms with van der Waals surface area (Å²) in [5, 5.41) is 9.09. The highest BCUT2D eigenvalue weighted by molar-refractivity contribution is 14.1. The molecule has 3 rings (SSSR count). The number of aryl methyl sites for hydroxylation is 1. The van der Waals surface area contributed by atoms with Crippen molar-refractivity contribution in [2.45, 2.75) is 6.92 Å². The molecule has 118 valence electrons. The van der Waals surface area contributed by atoms with E-state index in [0.717, 1.165) is 7.14 Å². The van der Waals surface area contributed by atoms with E-state index in [2.05, 4.69) is 123 Å². The van der Waals surface area contributed by atoms with Crippen molar-refractivity contribution in [1.82, 2.24) is 0 Å². The van der Waals surface area contributed by atoms with Gasteiger partial charge in [-0.3, -0.25) is 0 Å². The van der Waals surface area contributed by atoms with Gasteiger partial charge >= 0.3 is 0 Å². The minimum absolute atomic E-state index is 0.707. The van der Waals surface area contributed by atoms with E-state index in [4.69, 9.17) is 5.26 Å². The third-order valence-electron chi connectivity index (χ3n) is 3.85. The van der Waals surface area contributed by atoms with Gasteiger partial charge in [0.1, 0.15) is 0 Å². The number of rotatable bonds is 2. The van der Waals surface area contributed by atoms with Gasteiger partial charge in [-0.1, -0.05) is 36.4 Å². The highest BCUT2D eigenvalue weighted by Gasteiger charge is 2.10. The molecule has 0 spiro atoms. The Morgan fingerprint density at radius 2 is 1.25 bits per heavy atom. The lowest BCUT2D eigenvalue weighted by atomic mass is 9.99. The molecule has 0 aromatic heterocycles. The van der Waals surface area contributed by atoms with Gasteiger partial charge in [0.05, 0.1) is 11.6 Å². The first kappa shape index (κ1) is 18.1. The summed E-state index contributed by atoms with van der Waals surface area (Å²) in [6.45, 7) is 2.13. The average Bonchev–Trinajstić information content (AvgIpc) is 2.57. The standard InChI is InChI=1S/C20H12I3N/c1-12-2-3-16(10-17(12)21)14-4-6-15(7-5-14)20-18(22)8-13(11-24)9-19(20)23/h2-10H,1H3. The molecule has 0 unspecified atom stereocenters. The van der Waals surface area contributed by atoms with Crippen molar-refractivity contribution >= 4 is 67.8 Å². The number of nitrogens with zero attached hydrogens (tertiary/aromatic N) is 1. The molecule has 0 fully saturated rings. The fourth-order valence-electron chi connectivity index (χ4n) is 2.52. The van der Waals surface area contributed by atoms with E-state index in [-0.39, 0.29) is 0 Å². The van der Waals surface area contributed by atoms with Gasteiger partial charge in [-0.2, -0.15) is 5.26 Å². The molecule has 0 radical (unpaired) electrons. The number of hydrogen-bond donors (Lipinski definition) is 0. The van der Waals surface area contributed by atoms with Crippen molar-refractivity contribution < 1.29 is 0 Å². The molecular formula is C20H12I3N. The van der Waals surface area contributed by atoms with Crippen LogP contribution in [0.3, 0.4) is 0 Å². The zero-order chi connectivity index (χ0) is 17.3. The Morgan fingerprint density at radius 1 is 0.708 bits per heavy atom. The van der Waals surface area contributed by atoms with Crippen molar-refractivity contribution in [1.29, 1.82) is 5.26 Å². The highest BCUT2D eigenvalue weighted by atomic mass is 127. The van der Waals surface area contributed by atoms with Crippen LogP contribution in [-0.2, 0) is 0 Å². The maximum atomic E-state index is 9.09. The number of halogens is 3. The largest absolute Gasteiger partial charge is 0.192 e. The predicted octanol–water partition coefficient (Wildman–Crippen LogP) is 7.01. The van der Waals surface area contributed by atoms with Crippen LogP contribution in [0.15, 0.2) is 54.6 Å². The molecule has 0 aliphatic rings. The van der Waals surface area contributed by atoms with E-state index < -0.39 is 0 Å². The summed E-state index contributed by atoms with van der Waals surface area (Å²) in [4.78, 5) is 0. The fourth-order valence-corrected chi connectivity index (χ4v) is 5.42. The quantitative estimate of drug-likeness (QED) is 0.275. The molecule has 0 aliphatic carbocycles. The summed E-state index contributed by atoms with van der Waals surface area (Å²) < 4.78 is 3.49. The maximum Gasteiger partial charge on any atom is 0.0992 e. The Kier molecular flexibility index (Phi) is 5.82. The summed E-state index contributed by atoms with van der Waals surface area (Å²) >= 11 is 7.00. The Labute approximate surface area is 182 Å². The normalized spacial score (nSPS) is 10.5. The van der Waals surface area contributed by atoms with Crippen molar-refractivity contribution in [3.05, 3.63) is 76.4 Å². The van der Waals surface area contributed by atoms with Crippen LogP contribution < -0.4 is 0 Å². The molecule has 0 saturated heterocycles. The molecule has 24 heavy (non-hydrogen) atoms. The van der Waals surface area contributed by atoms with Crippen LogP contribution in [-0.4, -0.2) is 0 Å². The van der Waals surface area contributed by atoms with Crippen LogP contribution in [0.25, 0.3) is 22.3 Å². The maximum absolute atomic E-state index is 9.09. The van der Waals surface area contributed by atoms with Crippen LogP contribution in [0.1, 0.15) is 11.1 Å². The van der Waals surface area contributed by atoms with Crippen LogP contribution in [0, 0.1) is 29.0 Å². The van der Waals surface area contributed by atoms with Gasteiger partial charge < -0.3 is 0 Å². The average molecular weight is 647 g/mol. The molecule has 0 saturated carbocycles. The molecule has 0 aliphatic heterocycles. The van der Waals surface area contributed by atoms with Crippen molar-refractivity contribution in [2.24, 2.45) is 0 Å². The fraction of sp³-hybridized carbons (Fsp3) is 0.0500. The second kappa shape index (κ2) is 7.70. The smallest absolute Gasteiger partial charge is 0.0992 e. The molecule has 0 bridgehead atoms. The van der Waals surface area contributed by atoms with Gasteiger partial charge in [-0.05, 0) is 115 Å². The number of hydrogen-bond acceptors (Lipinski definition) is 1. The van der Waals surface area contributed by atoms with Crippen molar-refractivity contribution in [2.75, 3.05) is 0 Å². The number of benzene rings is 3. The summed E-state index contributed by atoms with van der Waals surface area (Å²) in [6.07, 6.45) is 0. The minimum atomic E-state index is 0.707. The zero-order valence-electron chi connectivity index (χ0n) is 12.8. The Bertz CT molecular complexity index is 931. The lowest BCUT2D eigenvalue weighted by Crippen LogP contribution is -1.90. The minimum Gasteiger partial charge on any atom is -0.192 e. The van der Waals surface area contributed by atoms with Gasteiger partial charge in [0.15, 0.2) is 0 Å². The van der Waals surface area contributed by atoms with E-state index in [1.807, 2.05) is 12.1 Å². The summed E-state index contributed by atoms with van der Waals surface area (Å²) in [7, 11) is 0. The van der Waals surface area contributed by atoms with Gasteiger partial charge in [0.2, 0.25) is 0 Å². The third-order valence-corrected chi connectivity index (χ3v) is 6.71. The van der Waals surface area contributed by atoms with E-state index in [1.165, 1.54) is 31.4 Å². The summed E-state index contributed by atoms with van der Waals surface area (Å²) in [5.74, 6) is 0. The lowest BCUT2D eigenvalue weighted by Gasteiger charge is -2.10. The molecule has 0 amide bonds. The van der Waals surface area contributed by atoms with Crippen LogP contribution in [0.2, 0.25) is 0 Å². The van der Waals surface area contributed by atoms with E-state index in [9.17, 15) is 0 Å². The molecular weight excluding hydrogens is 635 g/mol. The van der Waals surface area contributed by atoms with Crippen molar-refractivity contribution in [3.8, 4) is 28.3 Å². The van der Waals surface area contributed by atoms with Gasteiger partial charge in [0, 0.05) is 16.3 Å². The van der Waals surface area contributed by atoms with E-state index in [0.29, 0.717) is 5.56 Å². The number of nitriles is 1. The summed E-state index contributed by atoms with van der Waals surface area (Å²) in [6, 6.07) is 21.3. The lowest BCUT2D eigenvalue weighted by molar-refractivity contribution is 1.42. The Hall–Kier alpha value is -0.660. The van der Waals surface area contributed by atoms with Crippen LogP contribution >= 0.6 is 67.8 Å². The Morgan fingerprint density at radius 3 is 1.79 bits per heavy atom. The molecule has 4 heteroatoms. The van der Waals surface area contributed by atoms with E-state index in [1.54, 1.807) is 0 Å². The summed E-state index contributed by atoms with van der Waals surface area (Å²) in [5.41, 5.74) is 6.84. The first-order valence-electron chi connectivity index (χ1n) is 7.25. The molecule has 3 aromatic rings. The first-order valence-corrected chi connectivity index (χ1v) is 10.5. The first-order chi connectivity index (χ1) is 11.5. The second-order valence-electron chi connectivity index (χ2n) is 5.47. The molecule has 0 heterocycles. The SMILES string of the molecule is Cc1ccc(-c2ccc(-c3c(I)cc(C#N)cc3I)cc2)cc1I. The molecule has 3 aromatic carbocycles. The van der Waals surface area contributed by atoms with Gasteiger partial charge in [-0.25, -0.2) is 0 Å². The highest BCUT2D eigenvalue weighted by Crippen LogP contribution is 2.33. The van der Waals surface area contributed by atoms with Gasteiger partial charge in [-0.15, -0.1) is 0 Å². The molecule has 0 N–H and O–H groups in total. The second-order valence-corrected chi connectivity index (χ2v) is 8.95. The van der Waals surface area contributed by atoms with Crippen molar-refractivity contribution in [3.63, 3.8) is 0 Å². The van der Waals surface area contributed by atoms with E-state index >= 15 is 0 Å². The monoisotopic (exact) mass is 647 g/mol. The zero-order valence-corrected chi connectivity index (χ0v) is 19.2. The predicted molar refractivity (Wildman–Crippen MR) is 125 cm³/mol. The third kappa shape index (κ3) is 3.78. The van der Waals surface area contributed by atoms with Crippen LogP contribution in [0.4, 0.5) is 0 Å².